The molecule has 0 bridgehead atoms. The van der Waals surface area contributed by atoms with Crippen LogP contribution in [0.25, 0.3) is 27.5 Å². The molecule has 0 saturated carbocycles. The molecule has 0 fully saturated rings. The average Bonchev–Trinajstić information content (AvgIpc) is 3.09. The average molecular weight is 305 g/mol. The Morgan fingerprint density at radius 2 is 1.64 bits per heavy atom. The topological polar surface area (TPSA) is 43.3 Å². The number of hydrogen-bond donors (Lipinski definition) is 1. The predicted molar refractivity (Wildman–Crippen MR) is 93.1 cm³/mol. The van der Waals surface area contributed by atoms with Crippen molar-refractivity contribution in [2.24, 2.45) is 0 Å². The van der Waals surface area contributed by atoms with Gasteiger partial charge in [-0.3, -0.25) is 4.40 Å². The first-order chi connectivity index (χ1) is 10.7. The predicted octanol–water partition coefficient (Wildman–Crippen LogP) is 4.62. The molecule has 2 heterocycles. The van der Waals surface area contributed by atoms with Crippen molar-refractivity contribution in [2.45, 2.75) is 6.92 Å². The lowest BCUT2D eigenvalue weighted by Gasteiger charge is -2.00. The third-order valence-corrected chi connectivity index (χ3v) is 4.60. The summed E-state index contributed by atoms with van der Waals surface area (Å²) in [6.45, 7) is 2.10. The van der Waals surface area contributed by atoms with E-state index in [0.717, 1.165) is 21.9 Å². The Kier molecular flexibility index (Phi) is 2.98. The molecule has 2 aromatic heterocycles. The van der Waals surface area contributed by atoms with Gasteiger partial charge in [-0.2, -0.15) is 0 Å². The summed E-state index contributed by atoms with van der Waals surface area (Å²) in [5.41, 5.74) is 12.2. The molecule has 0 unspecified atom stereocenters. The summed E-state index contributed by atoms with van der Waals surface area (Å²) in [5.74, 6) is 0. The zero-order chi connectivity index (χ0) is 15.1. The van der Waals surface area contributed by atoms with E-state index in [2.05, 4.69) is 47.2 Å². The van der Waals surface area contributed by atoms with Gasteiger partial charge in [-0.15, -0.1) is 11.3 Å². The van der Waals surface area contributed by atoms with Gasteiger partial charge in [-0.25, -0.2) is 4.98 Å². The fourth-order valence-corrected chi connectivity index (χ4v) is 3.39. The van der Waals surface area contributed by atoms with Crippen molar-refractivity contribution < 1.29 is 0 Å². The van der Waals surface area contributed by atoms with Crippen LogP contribution in [0.4, 0.5) is 5.69 Å². The second-order valence-electron chi connectivity index (χ2n) is 5.39. The standard InChI is InChI=1S/C18H15N3S/c1-12-2-4-14(5-3-12)17-11-22-18-20-16(10-21(17)18)13-6-8-15(19)9-7-13/h2-11H,19H2,1H3. The molecule has 0 spiro atoms. The largest absolute Gasteiger partial charge is 0.399 e. The molecule has 0 saturated heterocycles. The van der Waals surface area contributed by atoms with E-state index < -0.39 is 0 Å². The number of anilines is 1. The van der Waals surface area contributed by atoms with E-state index in [1.54, 1.807) is 11.3 Å². The van der Waals surface area contributed by atoms with Crippen LogP contribution in [0.15, 0.2) is 60.1 Å². The molecule has 108 valence electrons. The number of aromatic nitrogens is 2. The highest BCUT2D eigenvalue weighted by Gasteiger charge is 2.10. The molecule has 2 N–H and O–H groups in total. The smallest absolute Gasteiger partial charge is 0.194 e. The van der Waals surface area contributed by atoms with Crippen molar-refractivity contribution in [3.05, 3.63) is 65.7 Å². The molecule has 22 heavy (non-hydrogen) atoms. The Morgan fingerprint density at radius 1 is 0.955 bits per heavy atom. The minimum Gasteiger partial charge on any atom is -0.399 e. The van der Waals surface area contributed by atoms with E-state index in [0.29, 0.717) is 0 Å². The first-order valence-corrected chi connectivity index (χ1v) is 7.98. The van der Waals surface area contributed by atoms with Gasteiger partial charge in [0.05, 0.1) is 11.4 Å². The number of thiazole rings is 1. The molecule has 2 aromatic carbocycles. The van der Waals surface area contributed by atoms with Crippen LogP contribution in [0, 0.1) is 6.92 Å². The molecule has 4 aromatic rings. The second kappa shape index (κ2) is 5.00. The van der Waals surface area contributed by atoms with Crippen LogP contribution in [0.2, 0.25) is 0 Å². The van der Waals surface area contributed by atoms with Gasteiger partial charge in [-0.05, 0) is 24.6 Å². The quantitative estimate of drug-likeness (QED) is 0.549. The molecule has 0 aliphatic heterocycles. The fourth-order valence-electron chi connectivity index (χ4n) is 2.51. The van der Waals surface area contributed by atoms with E-state index in [1.165, 1.54) is 16.8 Å². The Hall–Kier alpha value is -2.59. The van der Waals surface area contributed by atoms with E-state index in [1.807, 2.05) is 24.3 Å². The summed E-state index contributed by atoms with van der Waals surface area (Å²) >= 11 is 1.66. The Labute approximate surface area is 132 Å². The minimum absolute atomic E-state index is 0.769. The van der Waals surface area contributed by atoms with Crippen LogP contribution < -0.4 is 5.73 Å². The van der Waals surface area contributed by atoms with Gasteiger partial charge in [0.15, 0.2) is 4.96 Å². The van der Waals surface area contributed by atoms with Gasteiger partial charge >= 0.3 is 0 Å². The molecule has 4 rings (SSSR count). The number of nitrogens with zero attached hydrogens (tertiary/aromatic N) is 2. The molecule has 0 amide bonds. The number of hydrogen-bond acceptors (Lipinski definition) is 3. The van der Waals surface area contributed by atoms with Gasteiger partial charge in [0.25, 0.3) is 0 Å². The van der Waals surface area contributed by atoms with Gasteiger partial charge in [0.1, 0.15) is 0 Å². The van der Waals surface area contributed by atoms with E-state index in [-0.39, 0.29) is 0 Å². The number of nitrogen functional groups attached to an aromatic ring is 1. The molecule has 0 atom stereocenters. The van der Waals surface area contributed by atoms with Crippen molar-refractivity contribution in [3.8, 4) is 22.5 Å². The number of aryl methyl sites for hydroxylation is 1. The molecule has 3 nitrogen and oxygen atoms in total. The molecule has 4 heteroatoms. The van der Waals surface area contributed by atoms with E-state index in [9.17, 15) is 0 Å². The monoisotopic (exact) mass is 305 g/mol. The maximum atomic E-state index is 5.75. The first-order valence-electron chi connectivity index (χ1n) is 7.10. The normalized spacial score (nSPS) is 11.1. The second-order valence-corrected chi connectivity index (χ2v) is 6.22. The van der Waals surface area contributed by atoms with Crippen molar-refractivity contribution in [1.82, 2.24) is 9.38 Å². The van der Waals surface area contributed by atoms with E-state index >= 15 is 0 Å². The van der Waals surface area contributed by atoms with Crippen molar-refractivity contribution in [2.75, 3.05) is 5.73 Å². The fraction of sp³-hybridized carbons (Fsp3) is 0.0556. The Balaban J connectivity index is 1.82. The van der Waals surface area contributed by atoms with Gasteiger partial charge < -0.3 is 5.73 Å². The van der Waals surface area contributed by atoms with Crippen LogP contribution in [-0.2, 0) is 0 Å². The third kappa shape index (κ3) is 2.18. The summed E-state index contributed by atoms with van der Waals surface area (Å²) in [6, 6.07) is 16.4. The zero-order valence-corrected chi connectivity index (χ0v) is 13.0. The maximum Gasteiger partial charge on any atom is 0.194 e. The van der Waals surface area contributed by atoms with Crippen molar-refractivity contribution >= 4 is 22.0 Å². The lowest BCUT2D eigenvalue weighted by atomic mass is 10.1. The molecular formula is C18H15N3S. The summed E-state index contributed by atoms with van der Waals surface area (Å²) in [6.07, 6.45) is 2.09. The van der Waals surface area contributed by atoms with Gasteiger partial charge in [0.2, 0.25) is 0 Å². The van der Waals surface area contributed by atoms with Crippen molar-refractivity contribution in [1.29, 1.82) is 0 Å². The Morgan fingerprint density at radius 3 is 2.36 bits per heavy atom. The lowest BCUT2D eigenvalue weighted by molar-refractivity contribution is 1.23. The van der Waals surface area contributed by atoms with Crippen molar-refractivity contribution in [3.63, 3.8) is 0 Å². The van der Waals surface area contributed by atoms with Crippen LogP contribution in [-0.4, -0.2) is 9.38 Å². The molecular weight excluding hydrogens is 290 g/mol. The molecule has 0 radical (unpaired) electrons. The van der Waals surface area contributed by atoms with Crippen LogP contribution in [0.1, 0.15) is 5.56 Å². The van der Waals surface area contributed by atoms with Crippen LogP contribution >= 0.6 is 11.3 Å². The highest BCUT2D eigenvalue weighted by molar-refractivity contribution is 7.15. The zero-order valence-electron chi connectivity index (χ0n) is 12.2. The number of imidazole rings is 1. The summed E-state index contributed by atoms with van der Waals surface area (Å²) in [4.78, 5) is 5.72. The van der Waals surface area contributed by atoms with Gasteiger partial charge in [-0.1, -0.05) is 42.0 Å². The highest BCUT2D eigenvalue weighted by atomic mass is 32.1. The van der Waals surface area contributed by atoms with Gasteiger partial charge in [0, 0.05) is 22.8 Å². The minimum atomic E-state index is 0.769. The summed E-state index contributed by atoms with van der Waals surface area (Å²) in [5, 5.41) is 2.15. The van der Waals surface area contributed by atoms with Crippen LogP contribution in [0.5, 0.6) is 0 Å². The summed E-state index contributed by atoms with van der Waals surface area (Å²) < 4.78 is 2.15. The maximum absolute atomic E-state index is 5.75. The molecule has 0 aliphatic rings. The lowest BCUT2D eigenvalue weighted by Crippen LogP contribution is -1.85. The van der Waals surface area contributed by atoms with Crippen LogP contribution in [0.3, 0.4) is 0 Å². The Bertz CT molecular complexity index is 931. The number of fused-ring (bicyclic) bond motifs is 1. The number of rotatable bonds is 2. The highest BCUT2D eigenvalue weighted by Crippen LogP contribution is 2.29. The number of nitrogens with two attached hydrogens (primary N) is 1. The number of benzene rings is 2. The molecule has 0 aliphatic carbocycles. The first kappa shape index (κ1) is 13.1. The third-order valence-electron chi connectivity index (χ3n) is 3.76. The summed E-state index contributed by atoms with van der Waals surface area (Å²) in [7, 11) is 0. The van der Waals surface area contributed by atoms with E-state index in [4.69, 9.17) is 10.7 Å². The SMILES string of the molecule is Cc1ccc(-c2csc3nc(-c4ccc(N)cc4)cn23)cc1.